The SMILES string of the molecule is COCc1c(C(=O)O[C@H](C)C(=O)N[C@@H]2CCCC[C@H]2C)oc2ccccc12. The van der Waals surface area contributed by atoms with Gasteiger partial charge in [-0.05, 0) is 31.7 Å². The van der Waals surface area contributed by atoms with Crippen LogP contribution in [0.15, 0.2) is 28.7 Å². The Hall–Kier alpha value is -2.34. The monoisotopic (exact) mass is 373 g/mol. The summed E-state index contributed by atoms with van der Waals surface area (Å²) < 4.78 is 16.3. The van der Waals surface area contributed by atoms with Crippen LogP contribution in [0.5, 0.6) is 0 Å². The third kappa shape index (κ3) is 4.33. The van der Waals surface area contributed by atoms with E-state index in [2.05, 4.69) is 12.2 Å². The van der Waals surface area contributed by atoms with Crippen molar-refractivity contribution in [1.82, 2.24) is 5.32 Å². The molecule has 0 spiro atoms. The molecule has 3 rings (SSSR count). The first-order valence-corrected chi connectivity index (χ1v) is 9.52. The van der Waals surface area contributed by atoms with E-state index in [1.807, 2.05) is 18.2 Å². The van der Waals surface area contributed by atoms with Gasteiger partial charge in [0.1, 0.15) is 5.58 Å². The number of hydrogen-bond donors (Lipinski definition) is 1. The molecule has 146 valence electrons. The number of hydrogen-bond acceptors (Lipinski definition) is 5. The molecule has 1 aromatic carbocycles. The average Bonchev–Trinajstić information content (AvgIpc) is 3.03. The molecule has 1 fully saturated rings. The summed E-state index contributed by atoms with van der Waals surface area (Å²) in [6, 6.07) is 7.49. The smallest absolute Gasteiger partial charge is 0.375 e. The van der Waals surface area contributed by atoms with E-state index < -0.39 is 12.1 Å². The first-order chi connectivity index (χ1) is 13.0. The maximum Gasteiger partial charge on any atom is 0.375 e. The number of esters is 1. The van der Waals surface area contributed by atoms with Gasteiger partial charge in [0, 0.05) is 24.1 Å². The van der Waals surface area contributed by atoms with Crippen LogP contribution in [-0.2, 0) is 20.9 Å². The highest BCUT2D eigenvalue weighted by molar-refractivity contribution is 5.97. The average molecular weight is 373 g/mol. The lowest BCUT2D eigenvalue weighted by molar-refractivity contribution is -0.130. The molecule has 1 saturated carbocycles. The molecule has 6 heteroatoms. The van der Waals surface area contributed by atoms with E-state index in [1.165, 1.54) is 6.42 Å². The van der Waals surface area contributed by atoms with Crippen LogP contribution in [0.4, 0.5) is 0 Å². The van der Waals surface area contributed by atoms with Crippen LogP contribution in [0.25, 0.3) is 11.0 Å². The molecule has 0 unspecified atom stereocenters. The summed E-state index contributed by atoms with van der Waals surface area (Å²) in [7, 11) is 1.55. The number of fused-ring (bicyclic) bond motifs is 1. The summed E-state index contributed by atoms with van der Waals surface area (Å²) in [4.78, 5) is 25.1. The molecule has 0 radical (unpaired) electrons. The lowest BCUT2D eigenvalue weighted by Crippen LogP contribution is -2.46. The first kappa shape index (κ1) is 19.4. The molecule has 0 aliphatic heterocycles. The van der Waals surface area contributed by atoms with Crippen LogP contribution in [0.1, 0.15) is 55.6 Å². The zero-order chi connectivity index (χ0) is 19.4. The predicted molar refractivity (Wildman–Crippen MR) is 101 cm³/mol. The lowest BCUT2D eigenvalue weighted by atomic mass is 9.86. The van der Waals surface area contributed by atoms with Gasteiger partial charge in [-0.1, -0.05) is 38.0 Å². The number of furan rings is 1. The molecule has 2 aromatic rings. The van der Waals surface area contributed by atoms with Gasteiger partial charge in [0.25, 0.3) is 5.91 Å². The van der Waals surface area contributed by atoms with E-state index in [0.29, 0.717) is 17.1 Å². The van der Waals surface area contributed by atoms with Crippen LogP contribution in [-0.4, -0.2) is 31.1 Å². The Kier molecular flexibility index (Phi) is 6.16. The fourth-order valence-corrected chi connectivity index (χ4v) is 3.65. The fourth-order valence-electron chi connectivity index (χ4n) is 3.65. The number of para-hydroxylation sites is 1. The highest BCUT2D eigenvalue weighted by Crippen LogP contribution is 2.28. The van der Waals surface area contributed by atoms with Crippen molar-refractivity contribution >= 4 is 22.8 Å². The second-order valence-corrected chi connectivity index (χ2v) is 7.26. The molecular formula is C21H27NO5. The number of carbonyl (C=O) groups excluding carboxylic acids is 2. The summed E-state index contributed by atoms with van der Waals surface area (Å²) in [6.45, 7) is 3.95. The normalized spacial score (nSPS) is 21.0. The molecule has 1 aromatic heterocycles. The number of methoxy groups -OCH3 is 1. The second kappa shape index (κ2) is 8.57. The topological polar surface area (TPSA) is 77.8 Å². The molecule has 6 nitrogen and oxygen atoms in total. The van der Waals surface area contributed by atoms with Crippen LogP contribution in [0.2, 0.25) is 0 Å². The number of carbonyl (C=O) groups is 2. The minimum atomic E-state index is -0.893. The van der Waals surface area contributed by atoms with E-state index in [4.69, 9.17) is 13.9 Å². The summed E-state index contributed by atoms with van der Waals surface area (Å²) in [5, 5.41) is 3.83. The van der Waals surface area contributed by atoms with Crippen molar-refractivity contribution in [2.75, 3.05) is 7.11 Å². The van der Waals surface area contributed by atoms with E-state index in [9.17, 15) is 9.59 Å². The van der Waals surface area contributed by atoms with Gasteiger partial charge in [0.15, 0.2) is 6.10 Å². The Morgan fingerprint density at radius 2 is 2.00 bits per heavy atom. The Labute approximate surface area is 159 Å². The van der Waals surface area contributed by atoms with E-state index in [1.54, 1.807) is 20.1 Å². The number of amides is 1. The lowest BCUT2D eigenvalue weighted by Gasteiger charge is -2.30. The minimum Gasteiger partial charge on any atom is -0.449 e. The Morgan fingerprint density at radius 1 is 1.26 bits per heavy atom. The van der Waals surface area contributed by atoms with E-state index >= 15 is 0 Å². The number of benzene rings is 1. The second-order valence-electron chi connectivity index (χ2n) is 7.26. The van der Waals surface area contributed by atoms with Crippen molar-refractivity contribution < 1.29 is 23.5 Å². The third-order valence-corrected chi connectivity index (χ3v) is 5.26. The molecule has 3 atom stereocenters. The van der Waals surface area contributed by atoms with Gasteiger partial charge in [-0.3, -0.25) is 4.79 Å². The molecule has 0 saturated heterocycles. The molecule has 1 aliphatic rings. The molecule has 1 aliphatic carbocycles. The maximum atomic E-state index is 12.6. The highest BCUT2D eigenvalue weighted by atomic mass is 16.6. The van der Waals surface area contributed by atoms with Crippen molar-refractivity contribution in [2.24, 2.45) is 5.92 Å². The Balaban J connectivity index is 1.70. The molecule has 1 amide bonds. The van der Waals surface area contributed by atoms with Crippen LogP contribution in [0, 0.1) is 5.92 Å². The zero-order valence-corrected chi connectivity index (χ0v) is 16.1. The van der Waals surface area contributed by atoms with Crippen LogP contribution in [0.3, 0.4) is 0 Å². The number of nitrogens with one attached hydrogen (secondary N) is 1. The Bertz CT molecular complexity index is 812. The van der Waals surface area contributed by atoms with Gasteiger partial charge < -0.3 is 19.2 Å². The van der Waals surface area contributed by atoms with Gasteiger partial charge in [-0.2, -0.15) is 0 Å². The number of ether oxygens (including phenoxy) is 2. The maximum absolute atomic E-state index is 12.6. The highest BCUT2D eigenvalue weighted by Gasteiger charge is 2.28. The molecule has 1 N–H and O–H groups in total. The van der Waals surface area contributed by atoms with Gasteiger partial charge >= 0.3 is 5.97 Å². The third-order valence-electron chi connectivity index (χ3n) is 5.26. The predicted octanol–water partition coefficient (Wildman–Crippen LogP) is 3.82. The van der Waals surface area contributed by atoms with Gasteiger partial charge in [0.05, 0.1) is 6.61 Å². The van der Waals surface area contributed by atoms with E-state index in [0.717, 1.165) is 24.6 Å². The summed E-state index contributed by atoms with van der Waals surface area (Å²) >= 11 is 0. The van der Waals surface area contributed by atoms with Gasteiger partial charge in [0.2, 0.25) is 5.76 Å². The summed E-state index contributed by atoms with van der Waals surface area (Å²) in [6.07, 6.45) is 3.50. The van der Waals surface area contributed by atoms with E-state index in [-0.39, 0.29) is 24.3 Å². The van der Waals surface area contributed by atoms with Crippen LogP contribution >= 0.6 is 0 Å². The van der Waals surface area contributed by atoms with Gasteiger partial charge in [-0.25, -0.2) is 4.79 Å². The summed E-state index contributed by atoms with van der Waals surface area (Å²) in [5.74, 6) is -0.401. The fraction of sp³-hybridized carbons (Fsp3) is 0.524. The summed E-state index contributed by atoms with van der Waals surface area (Å²) in [5.41, 5.74) is 1.22. The molecule has 27 heavy (non-hydrogen) atoms. The standard InChI is InChI=1S/C21H27NO5/c1-13-8-4-6-10-17(13)22-20(23)14(2)26-21(24)19-16(12-25-3)15-9-5-7-11-18(15)27-19/h5,7,9,11,13-14,17H,4,6,8,10,12H2,1-3H3,(H,22,23)/t13-,14-,17-/m1/s1. The van der Waals surface area contributed by atoms with Crippen molar-refractivity contribution in [3.8, 4) is 0 Å². The van der Waals surface area contributed by atoms with Crippen molar-refractivity contribution in [3.63, 3.8) is 0 Å². The minimum absolute atomic E-state index is 0.0868. The van der Waals surface area contributed by atoms with Crippen molar-refractivity contribution in [1.29, 1.82) is 0 Å². The largest absolute Gasteiger partial charge is 0.449 e. The van der Waals surface area contributed by atoms with Crippen molar-refractivity contribution in [2.45, 2.75) is 58.3 Å². The van der Waals surface area contributed by atoms with Crippen molar-refractivity contribution in [3.05, 3.63) is 35.6 Å². The van der Waals surface area contributed by atoms with Crippen LogP contribution < -0.4 is 5.32 Å². The molecule has 0 bridgehead atoms. The first-order valence-electron chi connectivity index (χ1n) is 9.52. The van der Waals surface area contributed by atoms with Gasteiger partial charge in [-0.15, -0.1) is 0 Å². The zero-order valence-electron chi connectivity index (χ0n) is 16.1. The quantitative estimate of drug-likeness (QED) is 0.779. The molecule has 1 heterocycles. The number of rotatable bonds is 6. The molecular weight excluding hydrogens is 346 g/mol. The Morgan fingerprint density at radius 3 is 2.74 bits per heavy atom.